The Labute approximate surface area is 152 Å². The van der Waals surface area contributed by atoms with Crippen LogP contribution in [0.3, 0.4) is 0 Å². The molecular weight excluding hydrogens is 328 g/mol. The largest absolute Gasteiger partial charge is 0.396 e. The summed E-state index contributed by atoms with van der Waals surface area (Å²) in [6, 6.07) is 9.99. The number of aliphatic hydroxyl groups is 1. The third-order valence-electron chi connectivity index (χ3n) is 4.15. The number of likely N-dealkylation sites (N-methyl/N-ethyl adjacent to an activating group) is 1. The topological polar surface area (TPSA) is 70.7 Å². The smallest absolute Gasteiger partial charge is 0.259 e. The standard InChI is InChI=1S/C20H22N4O2/c1-2-23(11-6-9-16-7-4-3-5-8-16)20(26)18-14-22-24-15-17(10-12-25)13-21-19(18)24/h3-9,13-15,25H,2,10-12H2,1H3/b9-6+. The first kappa shape index (κ1) is 17.8. The van der Waals surface area contributed by atoms with Crippen LogP contribution in [0, 0.1) is 0 Å². The van der Waals surface area contributed by atoms with E-state index in [0.29, 0.717) is 30.7 Å². The van der Waals surface area contributed by atoms with Gasteiger partial charge in [-0.25, -0.2) is 9.50 Å². The maximum Gasteiger partial charge on any atom is 0.259 e. The lowest BCUT2D eigenvalue weighted by atomic mass is 10.2. The monoisotopic (exact) mass is 350 g/mol. The van der Waals surface area contributed by atoms with Gasteiger partial charge in [0.1, 0.15) is 5.56 Å². The van der Waals surface area contributed by atoms with E-state index in [0.717, 1.165) is 11.1 Å². The van der Waals surface area contributed by atoms with E-state index in [1.807, 2.05) is 49.4 Å². The fourth-order valence-electron chi connectivity index (χ4n) is 2.73. The Kier molecular flexibility index (Phi) is 5.76. The molecule has 134 valence electrons. The van der Waals surface area contributed by atoms with Gasteiger partial charge in [0, 0.05) is 32.1 Å². The van der Waals surface area contributed by atoms with E-state index in [2.05, 4.69) is 10.1 Å². The number of hydrogen-bond acceptors (Lipinski definition) is 4. The average Bonchev–Trinajstić information content (AvgIpc) is 3.09. The van der Waals surface area contributed by atoms with Gasteiger partial charge in [-0.1, -0.05) is 42.5 Å². The summed E-state index contributed by atoms with van der Waals surface area (Å²) in [6.07, 6.45) is 9.52. The van der Waals surface area contributed by atoms with E-state index in [-0.39, 0.29) is 12.5 Å². The summed E-state index contributed by atoms with van der Waals surface area (Å²) in [4.78, 5) is 19.0. The maximum absolute atomic E-state index is 12.9. The number of hydrogen-bond donors (Lipinski definition) is 1. The lowest BCUT2D eigenvalue weighted by Crippen LogP contribution is -2.31. The summed E-state index contributed by atoms with van der Waals surface area (Å²) < 4.78 is 1.59. The second kappa shape index (κ2) is 8.40. The van der Waals surface area contributed by atoms with Crippen molar-refractivity contribution in [1.29, 1.82) is 0 Å². The molecule has 0 aliphatic carbocycles. The minimum absolute atomic E-state index is 0.0532. The van der Waals surface area contributed by atoms with Crippen molar-refractivity contribution in [1.82, 2.24) is 19.5 Å². The Morgan fingerprint density at radius 2 is 2.08 bits per heavy atom. The molecule has 2 heterocycles. The van der Waals surface area contributed by atoms with E-state index in [4.69, 9.17) is 5.11 Å². The number of aliphatic hydroxyl groups excluding tert-OH is 1. The molecule has 2 aromatic heterocycles. The highest BCUT2D eigenvalue weighted by atomic mass is 16.3. The molecule has 1 N–H and O–H groups in total. The lowest BCUT2D eigenvalue weighted by molar-refractivity contribution is 0.0784. The predicted molar refractivity (Wildman–Crippen MR) is 101 cm³/mol. The lowest BCUT2D eigenvalue weighted by Gasteiger charge is -2.18. The quantitative estimate of drug-likeness (QED) is 0.710. The number of carbonyl (C=O) groups excluding carboxylic acids is 1. The van der Waals surface area contributed by atoms with Gasteiger partial charge in [0.15, 0.2) is 5.65 Å². The fourth-order valence-corrected chi connectivity index (χ4v) is 2.73. The molecule has 0 saturated heterocycles. The molecule has 0 aliphatic heterocycles. The first-order valence-corrected chi connectivity index (χ1v) is 8.67. The van der Waals surface area contributed by atoms with Crippen molar-refractivity contribution in [2.45, 2.75) is 13.3 Å². The van der Waals surface area contributed by atoms with Crippen LogP contribution >= 0.6 is 0 Å². The number of aromatic nitrogens is 3. The first-order chi connectivity index (χ1) is 12.7. The summed E-state index contributed by atoms with van der Waals surface area (Å²) in [6.45, 7) is 3.12. The van der Waals surface area contributed by atoms with Crippen molar-refractivity contribution in [3.63, 3.8) is 0 Å². The molecule has 0 aliphatic rings. The number of carbonyl (C=O) groups is 1. The van der Waals surface area contributed by atoms with E-state index < -0.39 is 0 Å². The van der Waals surface area contributed by atoms with Crippen molar-refractivity contribution in [2.24, 2.45) is 0 Å². The van der Waals surface area contributed by atoms with Crippen LogP contribution < -0.4 is 0 Å². The highest BCUT2D eigenvalue weighted by Crippen LogP contribution is 2.13. The molecule has 0 radical (unpaired) electrons. The zero-order valence-electron chi connectivity index (χ0n) is 14.7. The molecule has 0 spiro atoms. The van der Waals surface area contributed by atoms with Gasteiger partial charge in [0.25, 0.3) is 5.91 Å². The number of benzene rings is 1. The third kappa shape index (κ3) is 3.97. The molecule has 6 nitrogen and oxygen atoms in total. The minimum Gasteiger partial charge on any atom is -0.396 e. The number of nitrogens with zero attached hydrogens (tertiary/aromatic N) is 4. The molecule has 0 saturated carbocycles. The second-order valence-electron chi connectivity index (χ2n) is 5.92. The second-order valence-corrected chi connectivity index (χ2v) is 5.92. The van der Waals surface area contributed by atoms with Crippen LogP contribution in [-0.2, 0) is 6.42 Å². The van der Waals surface area contributed by atoms with Crippen LogP contribution in [0.4, 0.5) is 0 Å². The number of amides is 1. The van der Waals surface area contributed by atoms with Gasteiger partial charge in [-0.2, -0.15) is 5.10 Å². The van der Waals surface area contributed by atoms with E-state index in [9.17, 15) is 4.79 Å². The highest BCUT2D eigenvalue weighted by Gasteiger charge is 2.19. The molecule has 0 fully saturated rings. The van der Waals surface area contributed by atoms with Crippen LogP contribution in [0.25, 0.3) is 11.7 Å². The van der Waals surface area contributed by atoms with Crippen LogP contribution in [0.15, 0.2) is 55.0 Å². The predicted octanol–water partition coefficient (Wildman–Crippen LogP) is 2.44. The Hall–Kier alpha value is -2.99. The molecule has 1 amide bonds. The Morgan fingerprint density at radius 1 is 1.27 bits per heavy atom. The van der Waals surface area contributed by atoms with Crippen molar-refractivity contribution in [3.05, 3.63) is 71.7 Å². The number of rotatable bonds is 7. The van der Waals surface area contributed by atoms with Crippen molar-refractivity contribution < 1.29 is 9.90 Å². The van der Waals surface area contributed by atoms with E-state index in [1.54, 1.807) is 28.0 Å². The summed E-state index contributed by atoms with van der Waals surface area (Å²) in [7, 11) is 0. The van der Waals surface area contributed by atoms with Gasteiger partial charge in [-0.15, -0.1) is 0 Å². The Morgan fingerprint density at radius 3 is 2.81 bits per heavy atom. The van der Waals surface area contributed by atoms with Gasteiger partial charge >= 0.3 is 0 Å². The SMILES string of the molecule is CCN(C/C=C/c1ccccc1)C(=O)c1cnn2cc(CCO)cnc12. The van der Waals surface area contributed by atoms with Crippen LogP contribution in [0.5, 0.6) is 0 Å². The van der Waals surface area contributed by atoms with Crippen molar-refractivity contribution in [3.8, 4) is 0 Å². The normalized spacial score (nSPS) is 11.3. The van der Waals surface area contributed by atoms with Gasteiger partial charge in [0.05, 0.1) is 6.20 Å². The zero-order chi connectivity index (χ0) is 18.4. The molecule has 1 aromatic carbocycles. The summed E-state index contributed by atoms with van der Waals surface area (Å²) in [5, 5.41) is 13.3. The van der Waals surface area contributed by atoms with Gasteiger partial charge in [0.2, 0.25) is 0 Å². The van der Waals surface area contributed by atoms with E-state index >= 15 is 0 Å². The van der Waals surface area contributed by atoms with Crippen LogP contribution in [0.1, 0.15) is 28.4 Å². The molecular formula is C20H22N4O2. The maximum atomic E-state index is 12.9. The summed E-state index contributed by atoms with van der Waals surface area (Å²) in [5.74, 6) is -0.0948. The van der Waals surface area contributed by atoms with Gasteiger partial charge in [-0.3, -0.25) is 4.79 Å². The highest BCUT2D eigenvalue weighted by molar-refractivity contribution is 5.99. The molecule has 0 bridgehead atoms. The molecule has 26 heavy (non-hydrogen) atoms. The average molecular weight is 350 g/mol. The van der Waals surface area contributed by atoms with E-state index in [1.165, 1.54) is 0 Å². The van der Waals surface area contributed by atoms with Crippen LogP contribution in [-0.4, -0.2) is 50.2 Å². The van der Waals surface area contributed by atoms with Gasteiger partial charge < -0.3 is 10.0 Å². The molecule has 0 atom stereocenters. The molecule has 0 unspecified atom stereocenters. The zero-order valence-corrected chi connectivity index (χ0v) is 14.7. The van der Waals surface area contributed by atoms with Crippen LogP contribution in [0.2, 0.25) is 0 Å². The fraction of sp³-hybridized carbons (Fsp3) is 0.250. The molecule has 3 aromatic rings. The molecule has 6 heteroatoms. The van der Waals surface area contributed by atoms with Crippen molar-refractivity contribution in [2.75, 3.05) is 19.7 Å². The third-order valence-corrected chi connectivity index (χ3v) is 4.15. The Bertz CT molecular complexity index is 903. The van der Waals surface area contributed by atoms with Crippen molar-refractivity contribution >= 4 is 17.6 Å². The number of fused-ring (bicyclic) bond motifs is 1. The summed E-state index contributed by atoms with van der Waals surface area (Å²) in [5.41, 5.74) is 2.99. The Balaban J connectivity index is 1.76. The first-order valence-electron chi connectivity index (χ1n) is 8.67. The van der Waals surface area contributed by atoms with Gasteiger partial charge in [-0.05, 0) is 24.5 Å². The molecule has 3 rings (SSSR count). The minimum atomic E-state index is -0.0948. The summed E-state index contributed by atoms with van der Waals surface area (Å²) >= 11 is 0.